The number of rotatable bonds is 5. The highest BCUT2D eigenvalue weighted by molar-refractivity contribution is 5.79. The monoisotopic (exact) mass is 252 g/mol. The molecule has 0 aliphatic rings. The van der Waals surface area contributed by atoms with Crippen LogP contribution < -0.4 is 11.1 Å². The normalized spacial score (nSPS) is 12.8. The summed E-state index contributed by atoms with van der Waals surface area (Å²) < 4.78 is 1.83. The van der Waals surface area contributed by atoms with Crippen molar-refractivity contribution < 1.29 is 4.79 Å². The quantitative estimate of drug-likeness (QED) is 0.817. The molecule has 0 aliphatic heterocycles. The van der Waals surface area contributed by atoms with Crippen molar-refractivity contribution >= 4 is 5.91 Å². The van der Waals surface area contributed by atoms with Crippen LogP contribution in [0.3, 0.4) is 0 Å². The summed E-state index contributed by atoms with van der Waals surface area (Å²) >= 11 is 0. The van der Waals surface area contributed by atoms with Gasteiger partial charge in [0.25, 0.3) is 0 Å². The molecule has 5 heteroatoms. The van der Waals surface area contributed by atoms with E-state index in [1.807, 2.05) is 39.4 Å². The Hall–Kier alpha value is -1.36. The highest BCUT2D eigenvalue weighted by Gasteiger charge is 2.20. The number of carbonyl (C=O) groups excluding carboxylic acids is 1. The predicted molar refractivity (Wildman–Crippen MR) is 71.9 cm³/mol. The van der Waals surface area contributed by atoms with Crippen molar-refractivity contribution in [2.24, 2.45) is 24.6 Å². The largest absolute Gasteiger partial charge is 0.352 e. The molecule has 1 unspecified atom stereocenters. The first-order valence-electron chi connectivity index (χ1n) is 6.35. The lowest BCUT2D eigenvalue weighted by Crippen LogP contribution is -2.37. The van der Waals surface area contributed by atoms with Gasteiger partial charge in [-0.3, -0.25) is 9.48 Å². The molecule has 1 aromatic heterocycles. The number of aryl methyl sites for hydroxylation is 2. The van der Waals surface area contributed by atoms with Crippen molar-refractivity contribution in [1.82, 2.24) is 15.1 Å². The standard InChI is InChI=1S/C13H24N4O/c1-8(2)11(6-14)13(18)15-7-12-9(3)16-17(5)10(12)4/h8,11H,6-7,14H2,1-5H3,(H,15,18). The molecule has 1 rings (SSSR count). The fraction of sp³-hybridized carbons (Fsp3) is 0.692. The van der Waals surface area contributed by atoms with Gasteiger partial charge in [-0.05, 0) is 19.8 Å². The number of aromatic nitrogens is 2. The second-order valence-electron chi connectivity index (χ2n) is 5.08. The Morgan fingerprint density at radius 3 is 2.44 bits per heavy atom. The first-order chi connectivity index (χ1) is 8.38. The lowest BCUT2D eigenvalue weighted by atomic mass is 9.95. The summed E-state index contributed by atoms with van der Waals surface area (Å²) in [6.07, 6.45) is 0. The van der Waals surface area contributed by atoms with E-state index in [-0.39, 0.29) is 17.7 Å². The van der Waals surface area contributed by atoms with E-state index >= 15 is 0 Å². The van der Waals surface area contributed by atoms with Crippen LogP contribution in [0.5, 0.6) is 0 Å². The van der Waals surface area contributed by atoms with Crippen molar-refractivity contribution in [2.75, 3.05) is 6.54 Å². The van der Waals surface area contributed by atoms with Gasteiger partial charge in [0, 0.05) is 31.4 Å². The summed E-state index contributed by atoms with van der Waals surface area (Å²) in [4.78, 5) is 12.0. The van der Waals surface area contributed by atoms with Gasteiger partial charge in [-0.25, -0.2) is 0 Å². The molecule has 0 aromatic carbocycles. The third-order valence-corrected chi connectivity index (χ3v) is 3.49. The van der Waals surface area contributed by atoms with Gasteiger partial charge in [0.15, 0.2) is 0 Å². The van der Waals surface area contributed by atoms with E-state index < -0.39 is 0 Å². The molecule has 0 saturated carbocycles. The van der Waals surface area contributed by atoms with Crippen molar-refractivity contribution in [3.63, 3.8) is 0 Å². The molecule has 1 aromatic rings. The maximum Gasteiger partial charge on any atom is 0.224 e. The molecule has 1 atom stereocenters. The van der Waals surface area contributed by atoms with Crippen LogP contribution in [-0.2, 0) is 18.4 Å². The third-order valence-electron chi connectivity index (χ3n) is 3.49. The molecule has 0 aliphatic carbocycles. The number of nitrogens with one attached hydrogen (secondary N) is 1. The Balaban J connectivity index is 2.68. The molecule has 0 fully saturated rings. The van der Waals surface area contributed by atoms with Crippen LogP contribution in [0, 0.1) is 25.7 Å². The molecule has 5 nitrogen and oxygen atoms in total. The fourth-order valence-electron chi connectivity index (χ4n) is 2.06. The first-order valence-corrected chi connectivity index (χ1v) is 6.35. The van der Waals surface area contributed by atoms with Crippen molar-refractivity contribution in [3.8, 4) is 0 Å². The lowest BCUT2D eigenvalue weighted by molar-refractivity contribution is -0.126. The number of nitrogens with two attached hydrogens (primary N) is 1. The average Bonchev–Trinajstić information content (AvgIpc) is 2.51. The van der Waals surface area contributed by atoms with E-state index in [4.69, 9.17) is 5.73 Å². The van der Waals surface area contributed by atoms with Crippen molar-refractivity contribution in [1.29, 1.82) is 0 Å². The van der Waals surface area contributed by atoms with Crippen LogP contribution >= 0.6 is 0 Å². The van der Waals surface area contributed by atoms with Crippen LogP contribution in [0.4, 0.5) is 0 Å². The van der Waals surface area contributed by atoms with Gasteiger partial charge >= 0.3 is 0 Å². The predicted octanol–water partition coefficient (Wildman–Crippen LogP) is 0.884. The SMILES string of the molecule is Cc1nn(C)c(C)c1CNC(=O)C(CN)C(C)C. The first kappa shape index (κ1) is 14.7. The van der Waals surface area contributed by atoms with Gasteiger partial charge in [0.1, 0.15) is 0 Å². The Labute approximate surface area is 109 Å². The van der Waals surface area contributed by atoms with E-state index in [0.717, 1.165) is 17.0 Å². The third kappa shape index (κ3) is 3.10. The van der Waals surface area contributed by atoms with Crippen molar-refractivity contribution in [2.45, 2.75) is 34.2 Å². The highest BCUT2D eigenvalue weighted by Crippen LogP contribution is 2.13. The molecular formula is C13H24N4O. The van der Waals surface area contributed by atoms with Gasteiger partial charge in [-0.1, -0.05) is 13.8 Å². The van der Waals surface area contributed by atoms with E-state index in [1.54, 1.807) is 0 Å². The molecule has 3 N–H and O–H groups in total. The minimum atomic E-state index is -0.123. The molecule has 102 valence electrons. The Bertz CT molecular complexity index is 423. The zero-order valence-electron chi connectivity index (χ0n) is 11.9. The van der Waals surface area contributed by atoms with Gasteiger partial charge in [0.05, 0.1) is 11.6 Å². The smallest absolute Gasteiger partial charge is 0.224 e. The number of amides is 1. The summed E-state index contributed by atoms with van der Waals surface area (Å²) in [6, 6.07) is 0. The maximum atomic E-state index is 12.0. The summed E-state index contributed by atoms with van der Waals surface area (Å²) in [7, 11) is 1.91. The summed E-state index contributed by atoms with van der Waals surface area (Å²) in [5.74, 6) is 0.156. The van der Waals surface area contributed by atoms with Crippen LogP contribution in [0.25, 0.3) is 0 Å². The second-order valence-corrected chi connectivity index (χ2v) is 5.08. The minimum absolute atomic E-state index is 0.0233. The summed E-state index contributed by atoms with van der Waals surface area (Å²) in [6.45, 7) is 8.89. The van der Waals surface area contributed by atoms with Crippen LogP contribution in [0.2, 0.25) is 0 Å². The topological polar surface area (TPSA) is 72.9 Å². The average molecular weight is 252 g/mol. The summed E-state index contributed by atoms with van der Waals surface area (Å²) in [5, 5.41) is 7.28. The molecule has 18 heavy (non-hydrogen) atoms. The lowest BCUT2D eigenvalue weighted by Gasteiger charge is -2.18. The Morgan fingerprint density at radius 2 is 2.06 bits per heavy atom. The fourth-order valence-corrected chi connectivity index (χ4v) is 2.06. The zero-order valence-corrected chi connectivity index (χ0v) is 11.9. The summed E-state index contributed by atoms with van der Waals surface area (Å²) in [5.41, 5.74) is 8.77. The highest BCUT2D eigenvalue weighted by atomic mass is 16.1. The Kier molecular flexibility index (Phi) is 4.90. The zero-order chi connectivity index (χ0) is 13.9. The van der Waals surface area contributed by atoms with Crippen LogP contribution in [-0.4, -0.2) is 22.2 Å². The molecule has 0 spiro atoms. The number of nitrogens with zero attached hydrogens (tertiary/aromatic N) is 2. The minimum Gasteiger partial charge on any atom is -0.352 e. The van der Waals surface area contributed by atoms with Crippen LogP contribution in [0.15, 0.2) is 0 Å². The number of carbonyl (C=O) groups is 1. The Morgan fingerprint density at radius 1 is 1.44 bits per heavy atom. The molecule has 0 radical (unpaired) electrons. The van der Waals surface area contributed by atoms with Gasteiger partial charge in [-0.2, -0.15) is 5.10 Å². The van der Waals surface area contributed by atoms with Gasteiger partial charge in [-0.15, -0.1) is 0 Å². The molecule has 0 saturated heterocycles. The molecule has 0 bridgehead atoms. The van der Waals surface area contributed by atoms with E-state index in [2.05, 4.69) is 10.4 Å². The molecule has 1 heterocycles. The van der Waals surface area contributed by atoms with Gasteiger partial charge in [0.2, 0.25) is 5.91 Å². The maximum absolute atomic E-state index is 12.0. The number of hydrogen-bond donors (Lipinski definition) is 2. The van der Waals surface area contributed by atoms with Gasteiger partial charge < -0.3 is 11.1 Å². The van der Waals surface area contributed by atoms with Crippen LogP contribution in [0.1, 0.15) is 30.8 Å². The van der Waals surface area contributed by atoms with E-state index in [9.17, 15) is 4.79 Å². The van der Waals surface area contributed by atoms with E-state index in [1.165, 1.54) is 0 Å². The van der Waals surface area contributed by atoms with E-state index in [0.29, 0.717) is 13.1 Å². The molecular weight excluding hydrogens is 228 g/mol. The second kappa shape index (κ2) is 6.00. The molecule has 1 amide bonds. The number of hydrogen-bond acceptors (Lipinski definition) is 3. The van der Waals surface area contributed by atoms with Crippen molar-refractivity contribution in [3.05, 3.63) is 17.0 Å².